The first-order valence-corrected chi connectivity index (χ1v) is 12.3. The number of benzene rings is 1. The van der Waals surface area contributed by atoms with Crippen LogP contribution in [0.4, 0.5) is 10.5 Å². The molecule has 2 fully saturated rings. The van der Waals surface area contributed by atoms with E-state index in [0.29, 0.717) is 24.6 Å². The Bertz CT molecular complexity index is 973. The van der Waals surface area contributed by atoms with Gasteiger partial charge >= 0.3 is 6.09 Å². The molecule has 0 unspecified atom stereocenters. The van der Waals surface area contributed by atoms with Crippen LogP contribution >= 0.6 is 0 Å². The summed E-state index contributed by atoms with van der Waals surface area (Å²) in [7, 11) is 0. The summed E-state index contributed by atoms with van der Waals surface area (Å²) >= 11 is 0. The highest BCUT2D eigenvalue weighted by Crippen LogP contribution is 2.33. The Hall–Kier alpha value is -3.03. The molecular weight excluding hydrogens is 434 g/mol. The Labute approximate surface area is 200 Å². The fourth-order valence-electron chi connectivity index (χ4n) is 5.12. The average Bonchev–Trinajstić information content (AvgIpc) is 2.79. The van der Waals surface area contributed by atoms with Crippen molar-refractivity contribution >= 4 is 23.6 Å². The fraction of sp³-hybridized carbons (Fsp3) is 0.577. The summed E-state index contributed by atoms with van der Waals surface area (Å²) < 4.78 is 5.44. The van der Waals surface area contributed by atoms with Crippen molar-refractivity contribution in [3.63, 3.8) is 0 Å². The average molecular weight is 470 g/mol. The van der Waals surface area contributed by atoms with E-state index < -0.39 is 29.4 Å². The van der Waals surface area contributed by atoms with Gasteiger partial charge in [0.1, 0.15) is 16.9 Å². The molecule has 8 heteroatoms. The predicted octanol–water partition coefficient (Wildman–Crippen LogP) is 4.24. The van der Waals surface area contributed by atoms with Crippen LogP contribution in [0.1, 0.15) is 70.8 Å². The molecule has 3 amide bonds. The van der Waals surface area contributed by atoms with Gasteiger partial charge in [-0.05, 0) is 63.6 Å². The lowest BCUT2D eigenvalue weighted by Crippen LogP contribution is -2.57. The minimum Gasteiger partial charge on any atom is -0.511 e. The predicted molar refractivity (Wildman–Crippen MR) is 128 cm³/mol. The fourth-order valence-corrected chi connectivity index (χ4v) is 5.12. The van der Waals surface area contributed by atoms with E-state index in [1.54, 1.807) is 20.8 Å². The summed E-state index contributed by atoms with van der Waals surface area (Å²) in [5.74, 6) is -1.54. The number of piperidine rings is 1. The minimum atomic E-state index is -0.659. The van der Waals surface area contributed by atoms with Gasteiger partial charge in [0.25, 0.3) is 11.8 Å². The molecule has 4 rings (SSSR count). The number of carbonyl (C=O) groups is 3. The van der Waals surface area contributed by atoms with E-state index in [4.69, 9.17) is 4.74 Å². The van der Waals surface area contributed by atoms with Gasteiger partial charge in [-0.15, -0.1) is 0 Å². The van der Waals surface area contributed by atoms with Gasteiger partial charge in [-0.25, -0.2) is 4.79 Å². The van der Waals surface area contributed by atoms with Crippen LogP contribution in [0, 0.1) is 5.92 Å². The lowest BCUT2D eigenvalue weighted by molar-refractivity contribution is -0.124. The molecule has 8 nitrogen and oxygen atoms in total. The van der Waals surface area contributed by atoms with Crippen molar-refractivity contribution in [1.29, 1.82) is 0 Å². The molecule has 0 bridgehead atoms. The molecule has 1 aromatic rings. The molecule has 184 valence electrons. The number of fused-ring (bicyclic) bond motifs is 1. The molecule has 34 heavy (non-hydrogen) atoms. The van der Waals surface area contributed by atoms with Crippen LogP contribution in [0.3, 0.4) is 0 Å². The number of anilines is 1. The number of aliphatic hydroxyl groups excluding tert-OH is 1. The van der Waals surface area contributed by atoms with E-state index in [1.165, 1.54) is 42.6 Å². The molecule has 1 aromatic carbocycles. The quantitative estimate of drug-likeness (QED) is 0.574. The topological polar surface area (TPSA) is 108 Å². The van der Waals surface area contributed by atoms with Crippen molar-refractivity contribution in [2.75, 3.05) is 18.4 Å². The van der Waals surface area contributed by atoms with Crippen LogP contribution in [0.15, 0.2) is 35.6 Å². The van der Waals surface area contributed by atoms with Gasteiger partial charge in [0.05, 0.1) is 5.92 Å². The van der Waals surface area contributed by atoms with Crippen molar-refractivity contribution in [2.45, 2.75) is 76.9 Å². The Morgan fingerprint density at radius 1 is 1.09 bits per heavy atom. The minimum absolute atomic E-state index is 0.165. The number of amides is 3. The molecule has 1 aliphatic carbocycles. The maximum absolute atomic E-state index is 13.0. The largest absolute Gasteiger partial charge is 0.511 e. The van der Waals surface area contributed by atoms with Crippen molar-refractivity contribution < 1.29 is 24.2 Å². The summed E-state index contributed by atoms with van der Waals surface area (Å²) in [6, 6.07) is 7.40. The zero-order valence-electron chi connectivity index (χ0n) is 20.2. The number of aliphatic hydroxyl groups is 1. The van der Waals surface area contributed by atoms with Crippen LogP contribution in [0.5, 0.6) is 0 Å². The van der Waals surface area contributed by atoms with Gasteiger partial charge in [0.2, 0.25) is 0 Å². The van der Waals surface area contributed by atoms with Crippen molar-refractivity contribution in [2.24, 2.45) is 5.92 Å². The summed E-state index contributed by atoms with van der Waals surface area (Å²) in [5, 5.41) is 16.5. The number of nitrogens with one attached hydrogen (secondary N) is 2. The van der Waals surface area contributed by atoms with Crippen molar-refractivity contribution in [3.8, 4) is 0 Å². The van der Waals surface area contributed by atoms with Gasteiger partial charge < -0.3 is 25.4 Å². The molecule has 2 aliphatic heterocycles. The van der Waals surface area contributed by atoms with Crippen molar-refractivity contribution in [1.82, 2.24) is 10.2 Å². The van der Waals surface area contributed by atoms with Gasteiger partial charge in [-0.3, -0.25) is 9.59 Å². The molecular formula is C26H35N3O5. The third-order valence-corrected chi connectivity index (χ3v) is 6.89. The number of carbonyl (C=O) groups excluding carboxylic acids is 3. The van der Waals surface area contributed by atoms with E-state index in [-0.39, 0.29) is 23.9 Å². The van der Waals surface area contributed by atoms with Crippen LogP contribution < -0.4 is 10.6 Å². The van der Waals surface area contributed by atoms with E-state index in [2.05, 4.69) is 10.6 Å². The van der Waals surface area contributed by atoms with Gasteiger partial charge in [-0.2, -0.15) is 0 Å². The summed E-state index contributed by atoms with van der Waals surface area (Å²) in [4.78, 5) is 39.6. The van der Waals surface area contributed by atoms with Crippen molar-refractivity contribution in [3.05, 3.63) is 41.2 Å². The molecule has 0 radical (unpaired) electrons. The first kappa shape index (κ1) is 24.1. The Morgan fingerprint density at radius 2 is 1.76 bits per heavy atom. The normalized spacial score (nSPS) is 23.7. The van der Waals surface area contributed by atoms with Gasteiger partial charge in [-0.1, -0.05) is 31.4 Å². The third kappa shape index (κ3) is 5.37. The van der Waals surface area contributed by atoms with Crippen LogP contribution in [-0.2, 0) is 14.3 Å². The number of likely N-dealkylation sites (tertiary alicyclic amines) is 1. The molecule has 1 saturated carbocycles. The molecule has 1 saturated heterocycles. The first-order chi connectivity index (χ1) is 16.1. The summed E-state index contributed by atoms with van der Waals surface area (Å²) in [6.45, 7) is 5.94. The zero-order valence-corrected chi connectivity index (χ0v) is 20.2. The summed E-state index contributed by atoms with van der Waals surface area (Å²) in [5.41, 5.74) is 0.898. The molecule has 3 N–H and O–H groups in total. The second-order valence-electron chi connectivity index (χ2n) is 10.6. The number of rotatable bonds is 3. The van der Waals surface area contributed by atoms with Crippen LogP contribution in [0.2, 0.25) is 0 Å². The highest BCUT2D eigenvalue weighted by molar-refractivity contribution is 6.23. The molecule has 3 aliphatic rings. The van der Waals surface area contributed by atoms with E-state index in [1.807, 2.05) is 24.3 Å². The number of hydrogen-bond acceptors (Lipinski definition) is 5. The van der Waals surface area contributed by atoms with E-state index in [0.717, 1.165) is 0 Å². The summed E-state index contributed by atoms with van der Waals surface area (Å²) in [6.07, 6.45) is 6.17. The maximum Gasteiger partial charge on any atom is 0.410 e. The SMILES string of the molecule is CC(C)(C)OC(=O)N1CC[C@@H]2NC(=O)C(C(=O)Nc3ccc(C4CCCCC4)cc3)=C(O)[C@H]2C1. The highest BCUT2D eigenvalue weighted by atomic mass is 16.6. The Balaban J connectivity index is 1.46. The number of ether oxygens (including phenoxy) is 1. The first-order valence-electron chi connectivity index (χ1n) is 12.3. The molecule has 0 spiro atoms. The smallest absolute Gasteiger partial charge is 0.410 e. The lowest BCUT2D eigenvalue weighted by Gasteiger charge is -2.41. The second kappa shape index (κ2) is 9.68. The molecule has 2 heterocycles. The van der Waals surface area contributed by atoms with Crippen LogP contribution in [-0.4, -0.2) is 52.6 Å². The van der Waals surface area contributed by atoms with Gasteiger partial charge in [0.15, 0.2) is 0 Å². The number of hydrogen-bond donors (Lipinski definition) is 3. The standard InChI is InChI=1S/C26H35N3O5/c1-26(2,3)34-25(33)29-14-13-20-19(15-29)22(30)21(24(32)28-20)23(31)27-18-11-9-17(10-12-18)16-7-5-4-6-8-16/h9-12,16,19-20,30H,4-8,13-15H2,1-3H3,(H,27,31)(H,28,32)/t19-,20-/m0/s1. The molecule has 0 aromatic heterocycles. The molecule has 2 atom stereocenters. The second-order valence-corrected chi connectivity index (χ2v) is 10.6. The Kier molecular flexibility index (Phi) is 6.86. The van der Waals surface area contributed by atoms with Gasteiger partial charge in [0, 0.05) is 24.8 Å². The number of nitrogens with zero attached hydrogens (tertiary/aromatic N) is 1. The highest BCUT2D eigenvalue weighted by Gasteiger charge is 2.43. The monoisotopic (exact) mass is 469 g/mol. The maximum atomic E-state index is 13.0. The van der Waals surface area contributed by atoms with Crippen LogP contribution in [0.25, 0.3) is 0 Å². The third-order valence-electron chi connectivity index (χ3n) is 6.89. The van der Waals surface area contributed by atoms with E-state index >= 15 is 0 Å². The van der Waals surface area contributed by atoms with E-state index in [9.17, 15) is 19.5 Å². The lowest BCUT2D eigenvalue weighted by atomic mass is 9.84. The zero-order chi connectivity index (χ0) is 24.5. The Morgan fingerprint density at radius 3 is 2.41 bits per heavy atom.